The highest BCUT2D eigenvalue weighted by atomic mass is 16.6. The van der Waals surface area contributed by atoms with E-state index in [0.717, 1.165) is 23.7 Å². The lowest BCUT2D eigenvalue weighted by atomic mass is 10.1. The number of H-pyrrole nitrogens is 1. The summed E-state index contributed by atoms with van der Waals surface area (Å²) in [5.41, 5.74) is 7.55. The predicted octanol–water partition coefficient (Wildman–Crippen LogP) is 2.09. The largest absolute Gasteiger partial charge is 0.486 e. The van der Waals surface area contributed by atoms with Crippen LogP contribution < -0.4 is 20.5 Å². The highest BCUT2D eigenvalue weighted by Gasteiger charge is 2.22. The average molecular weight is 395 g/mol. The maximum atomic E-state index is 12.0. The molecule has 0 radical (unpaired) electrons. The molecule has 0 saturated carbocycles. The third-order valence-corrected chi connectivity index (χ3v) is 5.14. The fourth-order valence-electron chi connectivity index (χ4n) is 3.72. The van der Waals surface area contributed by atoms with Gasteiger partial charge in [0.05, 0.1) is 11.9 Å². The van der Waals surface area contributed by atoms with E-state index in [1.807, 2.05) is 18.2 Å². The molecule has 9 heteroatoms. The topological polar surface area (TPSA) is 124 Å². The second kappa shape index (κ2) is 7.25. The third kappa shape index (κ3) is 3.33. The minimum atomic E-state index is -0.634. The first kappa shape index (κ1) is 17.7. The molecule has 0 unspecified atom stereocenters. The summed E-state index contributed by atoms with van der Waals surface area (Å²) in [6.45, 7) is 2.44. The molecule has 2 aliphatic rings. The summed E-state index contributed by atoms with van der Waals surface area (Å²) >= 11 is 0. The number of hydrogen-bond acceptors (Lipinski definition) is 7. The van der Waals surface area contributed by atoms with Gasteiger partial charge >= 0.3 is 0 Å². The molecule has 0 spiro atoms. The Hall–Kier alpha value is -3.33. The molecule has 29 heavy (non-hydrogen) atoms. The van der Waals surface area contributed by atoms with Gasteiger partial charge in [0.1, 0.15) is 24.7 Å². The second-order valence-corrected chi connectivity index (χ2v) is 7.08. The van der Waals surface area contributed by atoms with Crippen molar-refractivity contribution in [3.8, 4) is 22.9 Å². The SMILES string of the molecule is NC(=O)c1ncc(NC2CCOCC2)nc1-c1cc2c3c(ccc2[nH]1)OCCO3. The summed E-state index contributed by atoms with van der Waals surface area (Å²) in [4.78, 5) is 24.2. The molecular weight excluding hydrogens is 374 g/mol. The number of primary amides is 1. The number of benzene rings is 1. The molecule has 1 saturated heterocycles. The fraction of sp³-hybridized carbons (Fsp3) is 0.350. The lowest BCUT2D eigenvalue weighted by Gasteiger charge is -2.23. The Bertz CT molecular complexity index is 1070. The first-order chi connectivity index (χ1) is 14.2. The lowest BCUT2D eigenvalue weighted by Crippen LogP contribution is -2.28. The molecule has 1 amide bonds. The van der Waals surface area contributed by atoms with Crippen molar-refractivity contribution in [1.29, 1.82) is 0 Å². The number of carbonyl (C=O) groups excluding carboxylic acids is 1. The van der Waals surface area contributed by atoms with E-state index in [0.29, 0.717) is 55.1 Å². The standard InChI is InChI=1S/C20H21N5O4/c21-20(26)18-17(25-16(10-22-18)23-11-3-5-27-6-4-11)14-9-12-13(24-14)1-2-15-19(12)29-8-7-28-15/h1-2,9-11,24H,3-8H2,(H2,21,26)(H,23,25). The average Bonchev–Trinajstić information content (AvgIpc) is 3.19. The van der Waals surface area contributed by atoms with Gasteiger partial charge < -0.3 is 30.2 Å². The van der Waals surface area contributed by atoms with E-state index in [2.05, 4.69) is 20.3 Å². The zero-order chi connectivity index (χ0) is 19.8. The van der Waals surface area contributed by atoms with Crippen molar-refractivity contribution < 1.29 is 19.0 Å². The smallest absolute Gasteiger partial charge is 0.269 e. The molecule has 0 bridgehead atoms. The molecule has 4 heterocycles. The molecule has 2 aromatic heterocycles. The van der Waals surface area contributed by atoms with Crippen LogP contribution in [0, 0.1) is 0 Å². The Morgan fingerprint density at radius 3 is 2.83 bits per heavy atom. The van der Waals surface area contributed by atoms with Gasteiger partial charge in [0.15, 0.2) is 17.2 Å². The van der Waals surface area contributed by atoms with Gasteiger partial charge in [-0.25, -0.2) is 9.97 Å². The van der Waals surface area contributed by atoms with E-state index in [9.17, 15) is 4.79 Å². The van der Waals surface area contributed by atoms with E-state index in [1.54, 1.807) is 6.20 Å². The number of aromatic amines is 1. The van der Waals surface area contributed by atoms with Gasteiger partial charge in [-0.3, -0.25) is 4.79 Å². The van der Waals surface area contributed by atoms with Gasteiger partial charge in [-0.05, 0) is 31.0 Å². The molecule has 4 N–H and O–H groups in total. The zero-order valence-electron chi connectivity index (χ0n) is 15.7. The number of amides is 1. The molecule has 1 aromatic carbocycles. The number of rotatable bonds is 4. The van der Waals surface area contributed by atoms with Crippen LogP contribution in [0.4, 0.5) is 5.82 Å². The van der Waals surface area contributed by atoms with E-state index < -0.39 is 5.91 Å². The van der Waals surface area contributed by atoms with Gasteiger partial charge in [0.25, 0.3) is 5.91 Å². The Morgan fingerprint density at radius 1 is 1.17 bits per heavy atom. The minimum absolute atomic E-state index is 0.111. The highest BCUT2D eigenvalue weighted by molar-refractivity contribution is 5.99. The number of nitrogens with two attached hydrogens (primary N) is 1. The van der Waals surface area contributed by atoms with Crippen LogP contribution in [-0.2, 0) is 4.74 Å². The number of anilines is 1. The number of aromatic nitrogens is 3. The lowest BCUT2D eigenvalue weighted by molar-refractivity contribution is 0.0904. The van der Waals surface area contributed by atoms with Crippen LogP contribution in [-0.4, -0.2) is 53.3 Å². The summed E-state index contributed by atoms with van der Waals surface area (Å²) in [5.74, 6) is 1.34. The number of nitrogens with one attached hydrogen (secondary N) is 2. The van der Waals surface area contributed by atoms with Crippen LogP contribution in [0.5, 0.6) is 11.5 Å². The quantitative estimate of drug-likeness (QED) is 0.618. The molecule has 2 aliphatic heterocycles. The van der Waals surface area contributed by atoms with Crippen molar-refractivity contribution in [2.24, 2.45) is 5.73 Å². The number of hydrogen-bond donors (Lipinski definition) is 3. The summed E-state index contributed by atoms with van der Waals surface area (Å²) in [6.07, 6.45) is 3.33. The molecular formula is C20H21N5O4. The van der Waals surface area contributed by atoms with E-state index in [-0.39, 0.29) is 11.7 Å². The summed E-state index contributed by atoms with van der Waals surface area (Å²) in [6, 6.07) is 5.91. The van der Waals surface area contributed by atoms with Gasteiger partial charge in [-0.15, -0.1) is 0 Å². The number of carbonyl (C=O) groups is 1. The first-order valence-corrected chi connectivity index (χ1v) is 9.62. The van der Waals surface area contributed by atoms with E-state index >= 15 is 0 Å². The van der Waals surface area contributed by atoms with Crippen molar-refractivity contribution in [1.82, 2.24) is 15.0 Å². The summed E-state index contributed by atoms with van der Waals surface area (Å²) in [7, 11) is 0. The maximum Gasteiger partial charge on any atom is 0.269 e. The Kier molecular flexibility index (Phi) is 4.44. The molecule has 150 valence electrons. The van der Waals surface area contributed by atoms with Crippen molar-refractivity contribution >= 4 is 22.6 Å². The monoisotopic (exact) mass is 395 g/mol. The van der Waals surface area contributed by atoms with Crippen LogP contribution in [0.15, 0.2) is 24.4 Å². The summed E-state index contributed by atoms with van der Waals surface area (Å²) in [5, 5.41) is 4.24. The van der Waals surface area contributed by atoms with Crippen LogP contribution in [0.25, 0.3) is 22.3 Å². The van der Waals surface area contributed by atoms with Gasteiger partial charge in [0, 0.05) is 30.2 Å². The van der Waals surface area contributed by atoms with E-state index in [1.165, 1.54) is 0 Å². The number of ether oxygens (including phenoxy) is 3. The Labute approximate surface area is 166 Å². The Balaban J connectivity index is 1.56. The summed E-state index contributed by atoms with van der Waals surface area (Å²) < 4.78 is 16.8. The van der Waals surface area contributed by atoms with Gasteiger partial charge in [0.2, 0.25) is 0 Å². The predicted molar refractivity (Wildman–Crippen MR) is 106 cm³/mol. The van der Waals surface area contributed by atoms with Crippen LogP contribution >= 0.6 is 0 Å². The van der Waals surface area contributed by atoms with E-state index in [4.69, 9.17) is 19.9 Å². The Morgan fingerprint density at radius 2 is 2.00 bits per heavy atom. The molecule has 0 aliphatic carbocycles. The van der Waals surface area contributed by atoms with Gasteiger partial charge in [-0.2, -0.15) is 0 Å². The second-order valence-electron chi connectivity index (χ2n) is 7.08. The maximum absolute atomic E-state index is 12.0. The number of fused-ring (bicyclic) bond motifs is 3. The minimum Gasteiger partial charge on any atom is -0.486 e. The highest BCUT2D eigenvalue weighted by Crippen LogP contribution is 2.39. The molecule has 1 fully saturated rings. The van der Waals surface area contributed by atoms with Crippen LogP contribution in [0.1, 0.15) is 23.3 Å². The van der Waals surface area contributed by atoms with Crippen LogP contribution in [0.3, 0.4) is 0 Å². The van der Waals surface area contributed by atoms with Gasteiger partial charge in [-0.1, -0.05) is 0 Å². The molecule has 0 atom stereocenters. The fourth-order valence-corrected chi connectivity index (χ4v) is 3.72. The van der Waals surface area contributed by atoms with Crippen molar-refractivity contribution in [2.75, 3.05) is 31.7 Å². The van der Waals surface area contributed by atoms with Crippen LogP contribution in [0.2, 0.25) is 0 Å². The normalized spacial score (nSPS) is 16.7. The first-order valence-electron chi connectivity index (χ1n) is 9.62. The van der Waals surface area contributed by atoms with Crippen molar-refractivity contribution in [3.63, 3.8) is 0 Å². The van der Waals surface area contributed by atoms with Crippen molar-refractivity contribution in [2.45, 2.75) is 18.9 Å². The van der Waals surface area contributed by atoms with Crippen molar-refractivity contribution in [3.05, 3.63) is 30.1 Å². The number of nitrogens with zero attached hydrogens (tertiary/aromatic N) is 2. The third-order valence-electron chi connectivity index (χ3n) is 5.14. The zero-order valence-corrected chi connectivity index (χ0v) is 15.7. The molecule has 3 aromatic rings. The molecule has 9 nitrogen and oxygen atoms in total. The molecule has 5 rings (SSSR count).